The van der Waals surface area contributed by atoms with Crippen LogP contribution in [0, 0.1) is 0 Å². The third-order valence-electron chi connectivity index (χ3n) is 2.15. The first kappa shape index (κ1) is 11.8. The summed E-state index contributed by atoms with van der Waals surface area (Å²) < 4.78 is 5.11. The highest BCUT2D eigenvalue weighted by atomic mass is 16.5. The molecule has 0 saturated carbocycles. The summed E-state index contributed by atoms with van der Waals surface area (Å²) >= 11 is 0. The topological polar surface area (TPSA) is 93.5 Å². The molecule has 0 radical (unpaired) electrons. The minimum Gasteiger partial charge on any atom is -0.379 e. The van der Waals surface area contributed by atoms with Gasteiger partial charge < -0.3 is 21.1 Å². The molecule has 0 spiro atoms. The number of hydrogen-bond acceptors (Lipinski definition) is 3. The van der Waals surface area contributed by atoms with Crippen molar-refractivity contribution in [3.63, 3.8) is 0 Å². The number of hydrogen-bond donors (Lipinski definition) is 3. The van der Waals surface area contributed by atoms with E-state index >= 15 is 0 Å². The predicted octanol–water partition coefficient (Wildman–Crippen LogP) is -0.662. The van der Waals surface area contributed by atoms with E-state index in [9.17, 15) is 9.59 Å². The Morgan fingerprint density at radius 2 is 2.33 bits per heavy atom. The Balaban J connectivity index is 2.19. The first-order chi connectivity index (χ1) is 7.08. The van der Waals surface area contributed by atoms with Crippen LogP contribution in [0.1, 0.15) is 19.8 Å². The smallest absolute Gasteiger partial charge is 0.315 e. The van der Waals surface area contributed by atoms with Crippen LogP contribution in [0.15, 0.2) is 0 Å². The normalized spacial score (nSPS) is 22.1. The van der Waals surface area contributed by atoms with Crippen LogP contribution in [0.4, 0.5) is 4.79 Å². The standard InChI is InChI=1S/C9H17N3O3/c1-6(4-8(10)13)11-9(14)12-7-2-3-15-5-7/h6-7H,2-5H2,1H3,(H2,10,13)(H2,11,12,14). The number of carbonyl (C=O) groups is 2. The van der Waals surface area contributed by atoms with Crippen molar-refractivity contribution in [2.45, 2.75) is 31.8 Å². The fourth-order valence-corrected chi connectivity index (χ4v) is 1.45. The highest BCUT2D eigenvalue weighted by Crippen LogP contribution is 2.02. The quantitative estimate of drug-likeness (QED) is 0.581. The molecular weight excluding hydrogens is 198 g/mol. The fraction of sp³-hybridized carbons (Fsp3) is 0.778. The highest BCUT2D eigenvalue weighted by Gasteiger charge is 2.18. The molecule has 1 fully saturated rings. The van der Waals surface area contributed by atoms with E-state index in [1.165, 1.54) is 0 Å². The SMILES string of the molecule is CC(CC(N)=O)NC(=O)NC1CCOC1. The molecule has 6 nitrogen and oxygen atoms in total. The Labute approximate surface area is 88.5 Å². The van der Waals surface area contributed by atoms with Crippen LogP contribution in [0.25, 0.3) is 0 Å². The molecule has 0 aromatic heterocycles. The number of amides is 3. The Kier molecular flexibility index (Phi) is 4.36. The monoisotopic (exact) mass is 215 g/mol. The summed E-state index contributed by atoms with van der Waals surface area (Å²) in [4.78, 5) is 21.9. The molecule has 1 aliphatic rings. The van der Waals surface area contributed by atoms with E-state index in [-0.39, 0.29) is 24.5 Å². The molecule has 1 saturated heterocycles. The van der Waals surface area contributed by atoms with Gasteiger partial charge in [-0.25, -0.2) is 4.79 Å². The molecule has 4 N–H and O–H groups in total. The molecular formula is C9H17N3O3. The van der Waals surface area contributed by atoms with Crippen molar-refractivity contribution in [1.82, 2.24) is 10.6 Å². The third-order valence-corrected chi connectivity index (χ3v) is 2.15. The Morgan fingerprint density at radius 3 is 2.87 bits per heavy atom. The maximum Gasteiger partial charge on any atom is 0.315 e. The number of nitrogens with two attached hydrogens (primary N) is 1. The lowest BCUT2D eigenvalue weighted by molar-refractivity contribution is -0.118. The van der Waals surface area contributed by atoms with Gasteiger partial charge in [-0.1, -0.05) is 0 Å². The second-order valence-corrected chi connectivity index (χ2v) is 3.75. The van der Waals surface area contributed by atoms with Crippen molar-refractivity contribution >= 4 is 11.9 Å². The first-order valence-electron chi connectivity index (χ1n) is 5.01. The molecule has 86 valence electrons. The fourth-order valence-electron chi connectivity index (χ4n) is 1.45. The lowest BCUT2D eigenvalue weighted by atomic mass is 10.2. The van der Waals surface area contributed by atoms with Crippen molar-refractivity contribution in [2.24, 2.45) is 5.73 Å². The van der Waals surface area contributed by atoms with E-state index in [0.717, 1.165) is 6.42 Å². The van der Waals surface area contributed by atoms with Gasteiger partial charge >= 0.3 is 6.03 Å². The summed E-state index contributed by atoms with van der Waals surface area (Å²) in [5.41, 5.74) is 5.00. The van der Waals surface area contributed by atoms with Gasteiger partial charge in [-0.05, 0) is 13.3 Å². The third kappa shape index (κ3) is 4.64. The van der Waals surface area contributed by atoms with Gasteiger partial charge in [-0.3, -0.25) is 4.79 Å². The minimum absolute atomic E-state index is 0.0748. The average Bonchev–Trinajstić information content (AvgIpc) is 2.53. The van der Waals surface area contributed by atoms with Crippen LogP contribution in [-0.4, -0.2) is 37.2 Å². The molecule has 0 bridgehead atoms. The second-order valence-electron chi connectivity index (χ2n) is 3.75. The van der Waals surface area contributed by atoms with Gasteiger partial charge in [-0.15, -0.1) is 0 Å². The number of primary amides is 1. The zero-order valence-electron chi connectivity index (χ0n) is 8.79. The first-order valence-corrected chi connectivity index (χ1v) is 5.01. The Bertz CT molecular complexity index is 239. The summed E-state index contributed by atoms with van der Waals surface area (Å²) in [6, 6.07) is -0.449. The van der Waals surface area contributed by atoms with E-state index in [0.29, 0.717) is 13.2 Å². The Morgan fingerprint density at radius 1 is 1.60 bits per heavy atom. The molecule has 15 heavy (non-hydrogen) atoms. The van der Waals surface area contributed by atoms with Gasteiger partial charge in [0.05, 0.1) is 12.6 Å². The van der Waals surface area contributed by atoms with Crippen LogP contribution < -0.4 is 16.4 Å². The maximum absolute atomic E-state index is 11.4. The zero-order chi connectivity index (χ0) is 11.3. The largest absolute Gasteiger partial charge is 0.379 e. The van der Waals surface area contributed by atoms with Crippen LogP contribution in [-0.2, 0) is 9.53 Å². The lowest BCUT2D eigenvalue weighted by Gasteiger charge is -2.15. The van der Waals surface area contributed by atoms with Crippen LogP contribution in [0.5, 0.6) is 0 Å². The van der Waals surface area contributed by atoms with Crippen molar-refractivity contribution in [3.05, 3.63) is 0 Å². The number of rotatable bonds is 4. The summed E-state index contributed by atoms with van der Waals surface area (Å²) in [5.74, 6) is -0.424. The minimum atomic E-state index is -0.424. The highest BCUT2D eigenvalue weighted by molar-refractivity contribution is 5.77. The van der Waals surface area contributed by atoms with E-state index in [1.807, 2.05) is 0 Å². The molecule has 2 unspecified atom stereocenters. The van der Waals surface area contributed by atoms with Gasteiger partial charge in [0.2, 0.25) is 5.91 Å². The van der Waals surface area contributed by atoms with E-state index in [4.69, 9.17) is 10.5 Å². The number of urea groups is 1. The van der Waals surface area contributed by atoms with Crippen molar-refractivity contribution in [2.75, 3.05) is 13.2 Å². The lowest BCUT2D eigenvalue weighted by Crippen LogP contribution is -2.46. The molecule has 0 aromatic rings. The van der Waals surface area contributed by atoms with Gasteiger partial charge in [-0.2, -0.15) is 0 Å². The predicted molar refractivity (Wildman–Crippen MR) is 54.2 cm³/mol. The van der Waals surface area contributed by atoms with Gasteiger partial charge in [0.1, 0.15) is 0 Å². The number of carbonyl (C=O) groups excluding carboxylic acids is 2. The second kappa shape index (κ2) is 5.55. The zero-order valence-corrected chi connectivity index (χ0v) is 8.79. The van der Waals surface area contributed by atoms with E-state index in [1.54, 1.807) is 6.92 Å². The molecule has 2 atom stereocenters. The molecule has 1 aliphatic heterocycles. The van der Waals surface area contributed by atoms with Crippen LogP contribution >= 0.6 is 0 Å². The van der Waals surface area contributed by atoms with Gasteiger partial charge in [0.15, 0.2) is 0 Å². The van der Waals surface area contributed by atoms with E-state index in [2.05, 4.69) is 10.6 Å². The van der Waals surface area contributed by atoms with E-state index < -0.39 is 5.91 Å². The molecule has 1 rings (SSSR count). The van der Waals surface area contributed by atoms with Crippen molar-refractivity contribution in [1.29, 1.82) is 0 Å². The molecule has 0 aromatic carbocycles. The Hall–Kier alpha value is -1.30. The van der Waals surface area contributed by atoms with Crippen molar-refractivity contribution < 1.29 is 14.3 Å². The molecule has 6 heteroatoms. The molecule has 3 amide bonds. The van der Waals surface area contributed by atoms with Gasteiger partial charge in [0, 0.05) is 19.1 Å². The van der Waals surface area contributed by atoms with Crippen LogP contribution in [0.3, 0.4) is 0 Å². The maximum atomic E-state index is 11.4. The van der Waals surface area contributed by atoms with Crippen LogP contribution in [0.2, 0.25) is 0 Å². The van der Waals surface area contributed by atoms with Crippen molar-refractivity contribution in [3.8, 4) is 0 Å². The number of ether oxygens (including phenoxy) is 1. The number of nitrogens with one attached hydrogen (secondary N) is 2. The summed E-state index contributed by atoms with van der Waals surface area (Å²) in [6.45, 7) is 2.97. The van der Waals surface area contributed by atoms with Gasteiger partial charge in [0.25, 0.3) is 0 Å². The summed E-state index contributed by atoms with van der Waals surface area (Å²) in [6.07, 6.45) is 0.978. The average molecular weight is 215 g/mol. The summed E-state index contributed by atoms with van der Waals surface area (Å²) in [5, 5.41) is 5.39. The summed E-state index contributed by atoms with van der Waals surface area (Å²) in [7, 11) is 0. The molecule has 0 aliphatic carbocycles. The molecule has 1 heterocycles.